The number of halogens is 3. The maximum absolute atomic E-state index is 13.2. The second-order valence-corrected chi connectivity index (χ2v) is 27.4. The molecule has 2 atom stereocenters. The van der Waals surface area contributed by atoms with Crippen molar-refractivity contribution in [1.82, 2.24) is 29.5 Å². The number of carboxylic acid groups (broad SMARTS) is 1. The SMILES string of the molecule is Cc1ccc2c(c1)COC2=O.Cc1sc2c(c1C)C(c1ccc(Cl)cc1)=N[C@@H](CC(=O)Nc1ccc3c(c1)COC3=O)c1nnc(C)n1-2.Cc1sc2c(c1C)C(c1ccc(Cl)cc1)=N[C@@H](CC(=O)O)c1nnc(C)n1-2.Nc1ccc2c(c1)COC2=O.O=C1OCc2cc(Br)ccc21. The third-order valence-corrected chi connectivity index (χ3v) is 20.0. The molecule has 0 aliphatic carbocycles. The summed E-state index contributed by atoms with van der Waals surface area (Å²) in [6, 6.07) is 35.4. The number of hydrogen-bond donors (Lipinski definition) is 3. The molecule has 21 nitrogen and oxygen atoms in total. The predicted octanol–water partition coefficient (Wildman–Crippen LogP) is 14.5. The summed E-state index contributed by atoms with van der Waals surface area (Å²) >= 11 is 18.9. The van der Waals surface area contributed by atoms with E-state index >= 15 is 0 Å². The standard InChI is InChI=1S/C27H22ClN5O3S.C19H17ClN4O2S.C9H8O2.C8H5BrO2.C8H7NO2/c1-13-14(2)37-26-23(13)24(16-4-6-18(28)7-5-16)30-21(25-32-31-15(3)33(25)26)11-22(34)29-19-8-9-20-17(10-19)12-36-27(20)35;1-9-10(2)27-19-16(9)17(12-4-6-13(20)7-5-12)21-14(8-15(25)26)18-23-22-11(3)24(18)19;1-6-2-3-8-7(4-6)5-11-9(8)10;2*9-6-1-2-7-5(3-6)4-11-8(7)10/h4-10,21H,11-12H2,1-3H3,(H,29,34);4-7,14H,8H2,1-3H3,(H,25,26);2-4H,5H2,1H3;1-3H,4H2;1-3H,4,9H2/t21-;14-;;;/m00.../s1. The normalized spacial score (nSPS) is 15.3. The fraction of sp³-hybridized carbons (Fsp3) is 0.211. The van der Waals surface area contributed by atoms with Crippen LogP contribution >= 0.6 is 61.8 Å². The van der Waals surface area contributed by atoms with Gasteiger partial charge in [0.1, 0.15) is 60.2 Å². The topological polar surface area (TPSA) is 284 Å². The molecule has 4 N–H and O–H groups in total. The number of amides is 1. The van der Waals surface area contributed by atoms with Gasteiger partial charge in [-0.3, -0.25) is 28.7 Å². The highest BCUT2D eigenvalue weighted by Gasteiger charge is 2.35. The van der Waals surface area contributed by atoms with Gasteiger partial charge in [-0.15, -0.1) is 43.1 Å². The molecule has 16 rings (SSSR count). The van der Waals surface area contributed by atoms with E-state index < -0.39 is 18.1 Å². The number of thiophene rings is 2. The van der Waals surface area contributed by atoms with Gasteiger partial charge < -0.3 is 35.1 Å². The van der Waals surface area contributed by atoms with Crippen LogP contribution in [-0.2, 0) is 55.0 Å². The van der Waals surface area contributed by atoms with Crippen molar-refractivity contribution in [2.45, 2.75) is 99.8 Å². The number of aryl methyl sites for hydroxylation is 5. The van der Waals surface area contributed by atoms with E-state index in [4.69, 9.17) is 57.9 Å². The number of cyclic esters (lactones) is 4. The minimum absolute atomic E-state index is 0.0642. The van der Waals surface area contributed by atoms with E-state index in [1.54, 1.807) is 65.1 Å². The molecule has 0 saturated heterocycles. The van der Waals surface area contributed by atoms with Crippen LogP contribution in [0.5, 0.6) is 0 Å². The number of carbonyl (C=O) groups is 6. The van der Waals surface area contributed by atoms with E-state index in [0.29, 0.717) is 69.6 Å². The number of nitrogen functional groups attached to an aromatic ring is 1. The summed E-state index contributed by atoms with van der Waals surface area (Å²) in [6.07, 6.45) is -0.0864. The van der Waals surface area contributed by atoms with E-state index in [-0.39, 0.29) is 49.2 Å². The number of anilines is 2. The van der Waals surface area contributed by atoms with Crippen molar-refractivity contribution in [2.24, 2.45) is 9.98 Å². The molecule has 6 aromatic carbocycles. The fourth-order valence-electron chi connectivity index (χ4n) is 11.5. The minimum atomic E-state index is -0.926. The molecule has 97 heavy (non-hydrogen) atoms. The molecule has 26 heteroatoms. The summed E-state index contributed by atoms with van der Waals surface area (Å²) in [6.45, 7) is 15.5. The summed E-state index contributed by atoms with van der Waals surface area (Å²) in [7, 11) is 0. The van der Waals surface area contributed by atoms with Crippen LogP contribution in [0.3, 0.4) is 0 Å². The monoisotopic (exact) mass is 1440 g/mol. The third-order valence-electron chi connectivity index (χ3n) is 16.6. The van der Waals surface area contributed by atoms with Crippen molar-refractivity contribution in [1.29, 1.82) is 0 Å². The molecule has 0 radical (unpaired) electrons. The molecule has 10 aromatic rings. The summed E-state index contributed by atoms with van der Waals surface area (Å²) in [4.78, 5) is 81.6. The second kappa shape index (κ2) is 28.0. The number of benzene rings is 6. The van der Waals surface area contributed by atoms with E-state index in [2.05, 4.69) is 69.3 Å². The van der Waals surface area contributed by atoms with Crippen molar-refractivity contribution in [3.05, 3.63) is 252 Å². The Labute approximate surface area is 582 Å². The molecule has 4 aromatic heterocycles. The highest BCUT2D eigenvalue weighted by atomic mass is 79.9. The van der Waals surface area contributed by atoms with Crippen LogP contribution < -0.4 is 11.1 Å². The maximum atomic E-state index is 13.2. The maximum Gasteiger partial charge on any atom is 0.338 e. The van der Waals surface area contributed by atoms with Gasteiger partial charge in [-0.1, -0.05) is 81.1 Å². The highest BCUT2D eigenvalue weighted by molar-refractivity contribution is 9.10. The summed E-state index contributed by atoms with van der Waals surface area (Å²) in [5, 5.41) is 32.8. The number of nitrogens with one attached hydrogen (secondary N) is 1. The van der Waals surface area contributed by atoms with Crippen LogP contribution in [-0.4, -0.2) is 81.8 Å². The van der Waals surface area contributed by atoms with Crippen molar-refractivity contribution in [3.63, 3.8) is 0 Å². The molecule has 492 valence electrons. The van der Waals surface area contributed by atoms with Crippen molar-refractivity contribution in [3.8, 4) is 10.0 Å². The number of nitrogens with zero attached hydrogens (tertiary/aromatic N) is 8. The Bertz CT molecular complexity index is 4790. The highest BCUT2D eigenvalue weighted by Crippen LogP contribution is 2.42. The zero-order valence-electron chi connectivity index (χ0n) is 53.1. The smallest absolute Gasteiger partial charge is 0.338 e. The number of esters is 4. The largest absolute Gasteiger partial charge is 0.481 e. The van der Waals surface area contributed by atoms with E-state index in [0.717, 1.165) is 98.7 Å². The van der Waals surface area contributed by atoms with E-state index in [9.17, 15) is 33.9 Å². The lowest BCUT2D eigenvalue weighted by molar-refractivity contribution is -0.137. The number of rotatable bonds is 7. The van der Waals surface area contributed by atoms with Gasteiger partial charge in [-0.05, 0) is 145 Å². The first-order valence-electron chi connectivity index (χ1n) is 30.3. The van der Waals surface area contributed by atoms with Gasteiger partial charge >= 0.3 is 29.8 Å². The van der Waals surface area contributed by atoms with Crippen molar-refractivity contribution < 1.29 is 52.8 Å². The van der Waals surface area contributed by atoms with Gasteiger partial charge in [0, 0.05) is 80.2 Å². The van der Waals surface area contributed by atoms with Crippen LogP contribution in [0, 0.1) is 48.5 Å². The number of carbonyl (C=O) groups excluding carboxylic acids is 5. The Balaban J connectivity index is 0.000000129. The summed E-state index contributed by atoms with van der Waals surface area (Å²) in [5.41, 5.74) is 21.8. The number of fused-ring (bicyclic) bond motifs is 10. The minimum Gasteiger partial charge on any atom is -0.481 e. The first-order valence-corrected chi connectivity index (χ1v) is 33.5. The van der Waals surface area contributed by atoms with Crippen molar-refractivity contribution in [2.75, 3.05) is 11.1 Å². The number of carboxylic acids is 1. The molecule has 10 heterocycles. The number of nitrogens with two attached hydrogens (primary N) is 1. The third kappa shape index (κ3) is 14.0. The molecule has 0 saturated carbocycles. The Kier molecular flexibility index (Phi) is 19.3. The fourth-order valence-corrected chi connectivity index (χ4v) is 14.6. The first-order chi connectivity index (χ1) is 46.5. The van der Waals surface area contributed by atoms with Gasteiger partial charge in [0.05, 0.1) is 46.5 Å². The Morgan fingerprint density at radius 1 is 0.546 bits per heavy atom. The average Bonchev–Trinajstić information content (AvgIpc) is 1.60. The van der Waals surface area contributed by atoms with Crippen molar-refractivity contribution >= 4 is 120 Å². The van der Waals surface area contributed by atoms with Gasteiger partial charge in [0.25, 0.3) is 0 Å². The van der Waals surface area contributed by atoms with Gasteiger partial charge in [-0.25, -0.2) is 19.2 Å². The van der Waals surface area contributed by atoms with Crippen LogP contribution in [0.2, 0.25) is 10.0 Å². The zero-order valence-corrected chi connectivity index (χ0v) is 57.8. The van der Waals surface area contributed by atoms with E-state index in [1.807, 2.05) is 109 Å². The summed E-state index contributed by atoms with van der Waals surface area (Å²) in [5.74, 6) is 0.475. The molecule has 0 unspecified atom stereocenters. The van der Waals surface area contributed by atoms with Gasteiger partial charge in [0.2, 0.25) is 5.91 Å². The molecular weight excluding hydrogens is 1380 g/mol. The molecular formula is C71H59BrCl2N10O11S2. The number of aromatic nitrogens is 6. The molecule has 6 aliphatic heterocycles. The van der Waals surface area contributed by atoms with Gasteiger partial charge in [0.15, 0.2) is 11.6 Å². The Hall–Kier alpha value is -9.98. The zero-order chi connectivity index (χ0) is 68.7. The lowest BCUT2D eigenvalue weighted by Crippen LogP contribution is -2.17. The predicted molar refractivity (Wildman–Crippen MR) is 371 cm³/mol. The van der Waals surface area contributed by atoms with Crippen LogP contribution in [0.15, 0.2) is 136 Å². The van der Waals surface area contributed by atoms with Crippen LogP contribution in [0.1, 0.15) is 161 Å². The number of hydrogen-bond acceptors (Lipinski definition) is 19. The Morgan fingerprint density at radius 2 is 0.959 bits per heavy atom. The Morgan fingerprint density at radius 3 is 1.43 bits per heavy atom. The molecule has 0 bridgehead atoms. The lowest BCUT2D eigenvalue weighted by atomic mass is 9.99. The molecule has 1 amide bonds. The first kappa shape index (κ1) is 67.0. The quantitative estimate of drug-likeness (QED) is 0.0759. The van der Waals surface area contributed by atoms with Crippen LogP contribution in [0.4, 0.5) is 11.4 Å². The number of aliphatic carboxylic acids is 1. The average molecular weight is 1440 g/mol. The number of aliphatic imine (C=N–C) groups is 2. The van der Waals surface area contributed by atoms with Crippen LogP contribution in [0.25, 0.3) is 10.0 Å². The van der Waals surface area contributed by atoms with Gasteiger partial charge in [-0.2, -0.15) is 0 Å². The summed E-state index contributed by atoms with van der Waals surface area (Å²) < 4.78 is 24.5. The molecule has 6 aliphatic rings. The van der Waals surface area contributed by atoms with E-state index in [1.165, 1.54) is 15.3 Å². The number of ether oxygens (including phenoxy) is 4. The molecule has 0 spiro atoms. The molecule has 0 fully saturated rings. The lowest BCUT2D eigenvalue weighted by Gasteiger charge is -2.13. The second-order valence-electron chi connectivity index (χ2n) is 23.2.